The highest BCUT2D eigenvalue weighted by Gasteiger charge is 2.19. The third-order valence-electron chi connectivity index (χ3n) is 2.06. The van der Waals surface area contributed by atoms with Gasteiger partial charge in [0.2, 0.25) is 0 Å². The molecule has 0 atom stereocenters. The Morgan fingerprint density at radius 3 is 3.15 bits per heavy atom. The van der Waals surface area contributed by atoms with Crippen LogP contribution in [0.5, 0.6) is 5.75 Å². The van der Waals surface area contributed by atoms with Gasteiger partial charge in [-0.15, -0.1) is 0 Å². The molecule has 0 saturated heterocycles. The summed E-state index contributed by atoms with van der Waals surface area (Å²) in [6, 6.07) is 5.31. The van der Waals surface area contributed by atoms with Gasteiger partial charge < -0.3 is 4.74 Å². The fourth-order valence-corrected chi connectivity index (χ4v) is 1.45. The van der Waals surface area contributed by atoms with E-state index in [1.807, 2.05) is 6.07 Å². The number of amides is 1. The first-order valence-corrected chi connectivity index (χ1v) is 4.02. The number of hydrogen-bond donors (Lipinski definition) is 2. The van der Waals surface area contributed by atoms with Gasteiger partial charge in [0.15, 0.2) is 0 Å². The number of benzene rings is 1. The Bertz CT molecular complexity index is 349. The number of nitrogens with one attached hydrogen (secondary N) is 1. The van der Waals surface area contributed by atoms with E-state index in [1.165, 1.54) is 0 Å². The van der Waals surface area contributed by atoms with Crippen molar-refractivity contribution >= 4 is 5.91 Å². The van der Waals surface area contributed by atoms with Crippen LogP contribution in [-0.4, -0.2) is 17.7 Å². The second kappa shape index (κ2) is 3.06. The van der Waals surface area contributed by atoms with Crippen LogP contribution in [-0.2, 0) is 6.42 Å². The van der Waals surface area contributed by atoms with Crippen LogP contribution in [0.15, 0.2) is 18.2 Å². The summed E-state index contributed by atoms with van der Waals surface area (Å²) < 4.78 is 5.28. The Kier molecular flexibility index (Phi) is 1.90. The molecule has 0 unspecified atom stereocenters. The molecular formula is C9H9NO3. The van der Waals surface area contributed by atoms with Crippen LogP contribution in [0.2, 0.25) is 0 Å². The minimum Gasteiger partial charge on any atom is -0.492 e. The van der Waals surface area contributed by atoms with Gasteiger partial charge in [-0.25, -0.2) is 5.48 Å². The molecule has 4 heteroatoms. The van der Waals surface area contributed by atoms with E-state index < -0.39 is 5.91 Å². The van der Waals surface area contributed by atoms with E-state index in [-0.39, 0.29) is 0 Å². The molecule has 13 heavy (non-hydrogen) atoms. The van der Waals surface area contributed by atoms with E-state index in [1.54, 1.807) is 17.6 Å². The standard InChI is InChI=1S/C9H9NO3/c11-9(10-12)7-3-1-2-6-4-5-13-8(6)7/h1-3,12H,4-5H2,(H,10,11). The normalized spacial score (nSPS) is 13.3. The van der Waals surface area contributed by atoms with Gasteiger partial charge in [0, 0.05) is 6.42 Å². The number of carbonyl (C=O) groups excluding carboxylic acids is 1. The summed E-state index contributed by atoms with van der Waals surface area (Å²) >= 11 is 0. The summed E-state index contributed by atoms with van der Waals surface area (Å²) in [5.74, 6) is 0.0628. The van der Waals surface area contributed by atoms with E-state index in [9.17, 15) is 4.79 Å². The molecule has 1 aromatic rings. The average Bonchev–Trinajstić information content (AvgIpc) is 2.63. The average molecular weight is 179 g/mol. The highest BCUT2D eigenvalue weighted by atomic mass is 16.5. The fourth-order valence-electron chi connectivity index (χ4n) is 1.45. The van der Waals surface area contributed by atoms with Gasteiger partial charge in [0.1, 0.15) is 5.75 Å². The maximum absolute atomic E-state index is 11.1. The van der Waals surface area contributed by atoms with Crippen LogP contribution in [0.25, 0.3) is 0 Å². The van der Waals surface area contributed by atoms with Crippen LogP contribution in [0.4, 0.5) is 0 Å². The third kappa shape index (κ3) is 1.25. The van der Waals surface area contributed by atoms with Crippen molar-refractivity contribution in [3.63, 3.8) is 0 Å². The summed E-state index contributed by atoms with van der Waals surface area (Å²) in [5, 5.41) is 8.46. The highest BCUT2D eigenvalue weighted by Crippen LogP contribution is 2.28. The fraction of sp³-hybridized carbons (Fsp3) is 0.222. The van der Waals surface area contributed by atoms with Gasteiger partial charge in [-0.3, -0.25) is 10.0 Å². The summed E-state index contributed by atoms with van der Waals surface area (Å²) in [7, 11) is 0. The van der Waals surface area contributed by atoms with Crippen molar-refractivity contribution in [3.8, 4) is 5.75 Å². The van der Waals surface area contributed by atoms with Crippen molar-refractivity contribution in [1.82, 2.24) is 5.48 Å². The molecule has 0 fully saturated rings. The number of rotatable bonds is 1. The molecule has 2 rings (SSSR count). The molecule has 68 valence electrons. The quantitative estimate of drug-likeness (QED) is 0.493. The predicted octanol–water partition coefficient (Wildman–Crippen LogP) is 0.741. The summed E-state index contributed by atoms with van der Waals surface area (Å²) in [5.41, 5.74) is 2.99. The smallest absolute Gasteiger partial charge is 0.278 e. The first-order valence-electron chi connectivity index (χ1n) is 4.02. The maximum atomic E-state index is 11.1. The van der Waals surface area contributed by atoms with Gasteiger partial charge in [0.25, 0.3) is 5.91 Å². The van der Waals surface area contributed by atoms with E-state index in [2.05, 4.69) is 0 Å². The molecule has 0 bridgehead atoms. The minimum absolute atomic E-state index is 0.387. The lowest BCUT2D eigenvalue weighted by molar-refractivity contribution is 0.0703. The largest absolute Gasteiger partial charge is 0.492 e. The van der Waals surface area contributed by atoms with Crippen LogP contribution in [0.3, 0.4) is 0 Å². The van der Waals surface area contributed by atoms with Crippen LogP contribution in [0, 0.1) is 0 Å². The number of para-hydroxylation sites is 1. The van der Waals surface area contributed by atoms with Crippen molar-refractivity contribution < 1.29 is 14.7 Å². The van der Waals surface area contributed by atoms with Crippen molar-refractivity contribution in [3.05, 3.63) is 29.3 Å². The lowest BCUT2D eigenvalue weighted by Gasteiger charge is -2.04. The number of fused-ring (bicyclic) bond motifs is 1. The van der Waals surface area contributed by atoms with Gasteiger partial charge in [-0.1, -0.05) is 12.1 Å². The summed E-state index contributed by atoms with van der Waals surface area (Å²) in [6.45, 7) is 0.602. The van der Waals surface area contributed by atoms with Gasteiger partial charge in [-0.2, -0.15) is 0 Å². The number of hydroxylamine groups is 1. The molecule has 2 N–H and O–H groups in total. The number of carbonyl (C=O) groups is 1. The third-order valence-corrected chi connectivity index (χ3v) is 2.06. The van der Waals surface area contributed by atoms with Crippen LogP contribution >= 0.6 is 0 Å². The highest BCUT2D eigenvalue weighted by molar-refractivity contribution is 5.96. The molecule has 0 aliphatic carbocycles. The van der Waals surface area contributed by atoms with Gasteiger partial charge >= 0.3 is 0 Å². The van der Waals surface area contributed by atoms with E-state index in [4.69, 9.17) is 9.94 Å². The van der Waals surface area contributed by atoms with E-state index in [0.717, 1.165) is 12.0 Å². The Hall–Kier alpha value is -1.55. The molecular weight excluding hydrogens is 170 g/mol. The lowest BCUT2D eigenvalue weighted by atomic mass is 10.1. The van der Waals surface area contributed by atoms with Crippen molar-refractivity contribution in [1.29, 1.82) is 0 Å². The Morgan fingerprint density at radius 2 is 2.38 bits per heavy atom. The second-order valence-electron chi connectivity index (χ2n) is 2.83. The SMILES string of the molecule is O=C(NO)c1cccc2c1OCC2. The zero-order valence-corrected chi connectivity index (χ0v) is 6.91. The Labute approximate surface area is 75.1 Å². The molecule has 1 aliphatic heterocycles. The molecule has 0 saturated carbocycles. The van der Waals surface area contributed by atoms with Gasteiger partial charge in [0.05, 0.1) is 12.2 Å². The molecule has 0 spiro atoms. The first-order chi connectivity index (χ1) is 6.33. The summed E-state index contributed by atoms with van der Waals surface area (Å²) in [4.78, 5) is 11.1. The molecule has 4 nitrogen and oxygen atoms in total. The zero-order valence-electron chi connectivity index (χ0n) is 6.91. The molecule has 1 aromatic carbocycles. The van der Waals surface area contributed by atoms with Crippen molar-refractivity contribution in [2.75, 3.05) is 6.61 Å². The van der Waals surface area contributed by atoms with Crippen molar-refractivity contribution in [2.45, 2.75) is 6.42 Å². The van der Waals surface area contributed by atoms with Crippen LogP contribution in [0.1, 0.15) is 15.9 Å². The second-order valence-corrected chi connectivity index (χ2v) is 2.83. The number of ether oxygens (including phenoxy) is 1. The molecule has 1 amide bonds. The lowest BCUT2D eigenvalue weighted by Crippen LogP contribution is -2.19. The maximum Gasteiger partial charge on any atom is 0.278 e. The monoisotopic (exact) mass is 179 g/mol. The summed E-state index contributed by atoms with van der Waals surface area (Å²) in [6.07, 6.45) is 0.821. The number of hydrogen-bond acceptors (Lipinski definition) is 3. The van der Waals surface area contributed by atoms with Crippen LogP contribution < -0.4 is 10.2 Å². The Balaban J connectivity index is 2.47. The molecule has 1 heterocycles. The predicted molar refractivity (Wildman–Crippen MR) is 44.9 cm³/mol. The molecule has 0 aromatic heterocycles. The van der Waals surface area contributed by atoms with Gasteiger partial charge in [-0.05, 0) is 11.6 Å². The molecule has 0 radical (unpaired) electrons. The van der Waals surface area contributed by atoms with Crippen molar-refractivity contribution in [2.24, 2.45) is 0 Å². The minimum atomic E-state index is -0.529. The zero-order chi connectivity index (χ0) is 9.26. The Morgan fingerprint density at radius 1 is 1.54 bits per heavy atom. The van der Waals surface area contributed by atoms with E-state index >= 15 is 0 Å². The molecule has 1 aliphatic rings. The van der Waals surface area contributed by atoms with E-state index in [0.29, 0.717) is 17.9 Å². The first kappa shape index (κ1) is 8.07. The topological polar surface area (TPSA) is 58.6 Å².